The molecule has 24 nitrogen and oxygen atoms in total. The molecule has 2 aliphatic rings. The van der Waals surface area contributed by atoms with Gasteiger partial charge in [0.2, 0.25) is 29.5 Å². The standard InChI is InChI=1S/C33H56N6O18/c1-13(28(47)39-18(31(51)52)8-9-21(44)38-17(30(49)50)7-5-6-10-34)35-29(48)14(2)54-27-23(37-16(4)43)32(53)55-20(12-41)26(27)57-33-22(36-15(3)42)25(46)24(45)19(11-40)56-33/h13-14,17-20,22-27,32-33,40-41,45-46,53H,5-12,34H2,1-4H3,(H,35,48)(H,36,42)(H,37,43)(H,38,44)(H,39,47)(H,49,50)(H,51,52). The van der Waals surface area contributed by atoms with Crippen LogP contribution in [0.25, 0.3) is 0 Å². The third kappa shape index (κ3) is 14.7. The maximum Gasteiger partial charge on any atom is 0.326 e. The molecule has 326 valence electrons. The zero-order chi connectivity index (χ0) is 43.1. The lowest BCUT2D eigenvalue weighted by molar-refractivity contribution is -0.333. The van der Waals surface area contributed by atoms with Crippen LogP contribution in [0.4, 0.5) is 0 Å². The molecule has 14 unspecified atom stereocenters. The maximum atomic E-state index is 13.3. The van der Waals surface area contributed by atoms with Crippen LogP contribution >= 0.6 is 0 Å². The van der Waals surface area contributed by atoms with Gasteiger partial charge in [-0.1, -0.05) is 0 Å². The van der Waals surface area contributed by atoms with Crippen molar-refractivity contribution in [2.24, 2.45) is 5.73 Å². The highest BCUT2D eigenvalue weighted by Gasteiger charge is 2.53. The summed E-state index contributed by atoms with van der Waals surface area (Å²) in [6, 6.07) is -7.26. The van der Waals surface area contributed by atoms with Gasteiger partial charge in [-0.25, -0.2) is 9.59 Å². The van der Waals surface area contributed by atoms with Crippen LogP contribution in [0.1, 0.15) is 59.8 Å². The van der Waals surface area contributed by atoms with Gasteiger partial charge < -0.3 is 87.0 Å². The molecule has 2 fully saturated rings. The SMILES string of the molecule is CC(=O)NC1C(OC2C(CO)OC(O)C(NC(C)=O)C2OC(C)C(=O)NC(C)C(=O)NC(CCC(=O)NC(CCCCN)C(=O)O)C(=O)O)OC(CO)C(O)C1O. The normalized spacial score (nSPS) is 29.4. The number of hydrogen-bond acceptors (Lipinski definition) is 17. The molecular formula is C33H56N6O18. The first-order valence-corrected chi connectivity index (χ1v) is 18.2. The van der Waals surface area contributed by atoms with Crippen molar-refractivity contribution < 1.29 is 88.3 Å². The third-order valence-corrected chi connectivity index (χ3v) is 9.09. The van der Waals surface area contributed by atoms with Gasteiger partial charge in [-0.05, 0) is 46.1 Å². The summed E-state index contributed by atoms with van der Waals surface area (Å²) in [6.07, 6.45) is -14.5. The summed E-state index contributed by atoms with van der Waals surface area (Å²) in [5.74, 6) is -6.96. The summed E-state index contributed by atoms with van der Waals surface area (Å²) in [4.78, 5) is 86.3. The number of rotatable bonds is 22. The number of amides is 5. The molecule has 14 atom stereocenters. The molecule has 2 heterocycles. The number of unbranched alkanes of at least 4 members (excludes halogenated alkanes) is 1. The van der Waals surface area contributed by atoms with E-state index in [9.17, 15) is 69.3 Å². The first-order chi connectivity index (χ1) is 26.7. The van der Waals surface area contributed by atoms with E-state index in [0.29, 0.717) is 19.4 Å². The first kappa shape index (κ1) is 49.0. The summed E-state index contributed by atoms with van der Waals surface area (Å²) < 4.78 is 23.1. The lowest BCUT2D eigenvalue weighted by Gasteiger charge is -2.48. The molecule has 57 heavy (non-hydrogen) atoms. The van der Waals surface area contributed by atoms with Crippen molar-refractivity contribution in [1.82, 2.24) is 26.6 Å². The minimum Gasteiger partial charge on any atom is -0.480 e. The number of carboxylic acids is 2. The second-order valence-electron chi connectivity index (χ2n) is 13.7. The Bertz CT molecular complexity index is 1390. The number of hydrogen-bond donors (Lipinski definition) is 13. The fourth-order valence-electron chi connectivity index (χ4n) is 6.06. The summed E-state index contributed by atoms with van der Waals surface area (Å²) in [7, 11) is 0. The fourth-order valence-corrected chi connectivity index (χ4v) is 6.06. The van der Waals surface area contributed by atoms with Crippen LogP contribution in [0.2, 0.25) is 0 Å². The number of carboxylic acid groups (broad SMARTS) is 2. The smallest absolute Gasteiger partial charge is 0.326 e. The zero-order valence-electron chi connectivity index (χ0n) is 31.9. The second kappa shape index (κ2) is 23.3. The largest absolute Gasteiger partial charge is 0.480 e. The van der Waals surface area contributed by atoms with E-state index in [-0.39, 0.29) is 6.42 Å². The Labute approximate surface area is 327 Å². The van der Waals surface area contributed by atoms with Gasteiger partial charge in [0.05, 0.1) is 13.2 Å². The Morgan fingerprint density at radius 2 is 1.30 bits per heavy atom. The van der Waals surface area contributed by atoms with Crippen molar-refractivity contribution in [2.45, 2.75) is 145 Å². The number of aliphatic hydroxyl groups excluding tert-OH is 5. The number of nitrogens with one attached hydrogen (secondary N) is 5. The Balaban J connectivity index is 2.22. The van der Waals surface area contributed by atoms with Crippen molar-refractivity contribution >= 4 is 41.5 Å². The average Bonchev–Trinajstić information content (AvgIpc) is 3.13. The quantitative estimate of drug-likeness (QED) is 0.0452. The van der Waals surface area contributed by atoms with Crippen LogP contribution in [0.5, 0.6) is 0 Å². The monoisotopic (exact) mass is 824 g/mol. The van der Waals surface area contributed by atoms with E-state index in [1.807, 2.05) is 0 Å². The number of ether oxygens (including phenoxy) is 4. The number of aliphatic hydroxyl groups is 5. The van der Waals surface area contributed by atoms with Gasteiger partial charge in [0.15, 0.2) is 12.6 Å². The predicted molar refractivity (Wildman–Crippen MR) is 189 cm³/mol. The molecule has 2 saturated heterocycles. The van der Waals surface area contributed by atoms with Crippen LogP contribution < -0.4 is 32.3 Å². The minimum absolute atomic E-state index is 0.101. The zero-order valence-corrected chi connectivity index (χ0v) is 31.9. The van der Waals surface area contributed by atoms with Gasteiger partial charge >= 0.3 is 11.9 Å². The van der Waals surface area contributed by atoms with Crippen LogP contribution in [0.15, 0.2) is 0 Å². The average molecular weight is 825 g/mol. The second-order valence-corrected chi connectivity index (χ2v) is 13.7. The molecule has 0 aromatic rings. The molecule has 0 saturated carbocycles. The Kier molecular flexibility index (Phi) is 20.1. The Morgan fingerprint density at radius 3 is 1.84 bits per heavy atom. The fraction of sp³-hybridized carbons (Fsp3) is 0.788. The molecule has 5 amide bonds. The maximum absolute atomic E-state index is 13.3. The van der Waals surface area contributed by atoms with E-state index in [2.05, 4.69) is 26.6 Å². The predicted octanol–water partition coefficient (Wildman–Crippen LogP) is -6.14. The molecule has 0 bridgehead atoms. The van der Waals surface area contributed by atoms with Gasteiger partial charge in [0.1, 0.15) is 72.9 Å². The summed E-state index contributed by atoms with van der Waals surface area (Å²) in [5, 5.41) is 82.5. The molecule has 24 heteroatoms. The lowest BCUT2D eigenvalue weighted by Crippen LogP contribution is -2.70. The first-order valence-electron chi connectivity index (χ1n) is 18.2. The Hall–Kier alpha value is -4.11. The van der Waals surface area contributed by atoms with Crippen molar-refractivity contribution in [3.63, 3.8) is 0 Å². The van der Waals surface area contributed by atoms with Crippen LogP contribution in [-0.4, -0.2) is 182 Å². The van der Waals surface area contributed by atoms with Crippen molar-refractivity contribution in [3.05, 3.63) is 0 Å². The highest BCUT2D eigenvalue weighted by Crippen LogP contribution is 2.31. The highest BCUT2D eigenvalue weighted by molar-refractivity contribution is 5.91. The number of aliphatic carboxylic acids is 2. The van der Waals surface area contributed by atoms with E-state index in [4.69, 9.17) is 24.7 Å². The van der Waals surface area contributed by atoms with Crippen molar-refractivity contribution in [3.8, 4) is 0 Å². The molecule has 0 spiro atoms. The molecule has 2 rings (SSSR count). The van der Waals surface area contributed by atoms with Gasteiger partial charge in [0.25, 0.3) is 0 Å². The highest BCUT2D eigenvalue weighted by atomic mass is 16.7. The van der Waals surface area contributed by atoms with E-state index >= 15 is 0 Å². The number of carbonyl (C=O) groups is 7. The van der Waals surface area contributed by atoms with Crippen LogP contribution in [0.3, 0.4) is 0 Å². The summed E-state index contributed by atoms with van der Waals surface area (Å²) >= 11 is 0. The lowest BCUT2D eigenvalue weighted by atomic mass is 9.94. The topological polar surface area (TPSA) is 384 Å². The van der Waals surface area contributed by atoms with Crippen molar-refractivity contribution in [1.29, 1.82) is 0 Å². The number of nitrogens with two attached hydrogens (primary N) is 1. The summed E-state index contributed by atoms with van der Waals surface area (Å²) in [5.41, 5.74) is 5.41. The molecule has 0 aliphatic carbocycles. The molecule has 0 aromatic carbocycles. The molecular weight excluding hydrogens is 768 g/mol. The van der Waals surface area contributed by atoms with E-state index < -0.39 is 153 Å². The third-order valence-electron chi connectivity index (χ3n) is 9.09. The minimum atomic E-state index is -1.87. The van der Waals surface area contributed by atoms with E-state index in [1.54, 1.807) is 0 Å². The molecule has 0 radical (unpaired) electrons. The molecule has 2 aliphatic heterocycles. The van der Waals surface area contributed by atoms with Gasteiger partial charge in [-0.3, -0.25) is 24.0 Å². The van der Waals surface area contributed by atoms with Gasteiger partial charge in [0, 0.05) is 20.3 Å². The van der Waals surface area contributed by atoms with Crippen LogP contribution in [-0.2, 0) is 52.5 Å². The van der Waals surface area contributed by atoms with Gasteiger partial charge in [-0.15, -0.1) is 0 Å². The van der Waals surface area contributed by atoms with Crippen molar-refractivity contribution in [2.75, 3.05) is 19.8 Å². The number of carbonyl (C=O) groups excluding carboxylic acids is 5. The molecule has 0 aromatic heterocycles. The van der Waals surface area contributed by atoms with Gasteiger partial charge in [-0.2, -0.15) is 0 Å². The van der Waals surface area contributed by atoms with E-state index in [1.165, 1.54) is 13.8 Å². The van der Waals surface area contributed by atoms with Crippen LogP contribution in [0, 0.1) is 0 Å². The Morgan fingerprint density at radius 1 is 0.719 bits per heavy atom. The van der Waals surface area contributed by atoms with E-state index in [0.717, 1.165) is 13.8 Å². The molecule has 14 N–H and O–H groups in total. The summed E-state index contributed by atoms with van der Waals surface area (Å²) in [6.45, 7) is 3.25.